The minimum atomic E-state index is -0.387. The molecule has 4 aromatic carbocycles. The Bertz CT molecular complexity index is 1600. The number of carbonyl (C=O) groups excluding carboxylic acids is 1. The van der Waals surface area contributed by atoms with Gasteiger partial charge in [-0.25, -0.2) is 4.79 Å². The number of esters is 1. The molecule has 0 amide bonds. The van der Waals surface area contributed by atoms with Crippen LogP contribution in [0.3, 0.4) is 0 Å². The molecule has 144 valence electrons. The van der Waals surface area contributed by atoms with Gasteiger partial charge in [-0.2, -0.15) is 0 Å². The van der Waals surface area contributed by atoms with Crippen molar-refractivity contribution in [2.75, 3.05) is 7.11 Å². The molecule has 0 aliphatic heterocycles. The van der Waals surface area contributed by atoms with Crippen molar-refractivity contribution in [3.05, 3.63) is 84.4 Å². The van der Waals surface area contributed by atoms with E-state index in [1.54, 1.807) is 6.07 Å². The first-order valence-electron chi connectivity index (χ1n) is 9.69. The number of hydrogen-bond acceptors (Lipinski definition) is 4. The highest BCUT2D eigenvalue weighted by atomic mass is 16.5. The fourth-order valence-electron chi connectivity index (χ4n) is 4.36. The zero-order valence-corrected chi connectivity index (χ0v) is 16.1. The summed E-state index contributed by atoms with van der Waals surface area (Å²) in [7, 11) is 1.40. The van der Waals surface area contributed by atoms with Crippen molar-refractivity contribution >= 4 is 49.8 Å². The molecule has 6 rings (SSSR count). The van der Waals surface area contributed by atoms with Gasteiger partial charge in [0.2, 0.25) is 0 Å². The molecule has 0 unspecified atom stereocenters. The third kappa shape index (κ3) is 2.25. The summed E-state index contributed by atoms with van der Waals surface area (Å²) in [5.74, 6) is -0.387. The number of rotatable bonds is 2. The molecule has 6 aromatic rings. The molecule has 4 heteroatoms. The molecular formula is C26H16O4. The standard InChI is InChI=1S/C26H16O4/c1-28-26(27)18-13-14-22-25(16-8-3-5-11-20(16)30-22)24(18)17-9-6-12-21-23(17)15-7-2-4-10-19(15)29-21/h2-14H,1H3. The molecule has 30 heavy (non-hydrogen) atoms. The van der Waals surface area contributed by atoms with Crippen molar-refractivity contribution < 1.29 is 18.4 Å². The van der Waals surface area contributed by atoms with Gasteiger partial charge in [0.25, 0.3) is 0 Å². The van der Waals surface area contributed by atoms with Crippen LogP contribution in [0.2, 0.25) is 0 Å². The van der Waals surface area contributed by atoms with Crippen LogP contribution < -0.4 is 0 Å². The first-order chi connectivity index (χ1) is 14.8. The summed E-state index contributed by atoms with van der Waals surface area (Å²) < 4.78 is 17.3. The highest BCUT2D eigenvalue weighted by Crippen LogP contribution is 2.43. The molecule has 2 aromatic heterocycles. The average molecular weight is 392 g/mol. The molecule has 0 bridgehead atoms. The van der Waals surface area contributed by atoms with Crippen molar-refractivity contribution in [3.63, 3.8) is 0 Å². The molecular weight excluding hydrogens is 376 g/mol. The molecule has 0 aliphatic carbocycles. The van der Waals surface area contributed by atoms with Crippen LogP contribution in [0.4, 0.5) is 0 Å². The van der Waals surface area contributed by atoms with E-state index in [2.05, 4.69) is 0 Å². The summed E-state index contributed by atoms with van der Waals surface area (Å²) in [5.41, 5.74) is 5.28. The highest BCUT2D eigenvalue weighted by Gasteiger charge is 2.23. The van der Waals surface area contributed by atoms with E-state index in [9.17, 15) is 4.79 Å². The predicted molar refractivity (Wildman–Crippen MR) is 118 cm³/mol. The van der Waals surface area contributed by atoms with Crippen molar-refractivity contribution in [2.24, 2.45) is 0 Å². The Labute approximate surface area is 171 Å². The topological polar surface area (TPSA) is 52.6 Å². The van der Waals surface area contributed by atoms with Gasteiger partial charge < -0.3 is 13.6 Å². The Morgan fingerprint density at radius 3 is 1.97 bits per heavy atom. The first kappa shape index (κ1) is 16.9. The van der Waals surface area contributed by atoms with Gasteiger partial charge in [0.05, 0.1) is 12.7 Å². The molecule has 0 spiro atoms. The minimum Gasteiger partial charge on any atom is -0.465 e. The predicted octanol–water partition coefficient (Wildman–Crippen LogP) is 6.94. The summed E-state index contributed by atoms with van der Waals surface area (Å²) in [6.07, 6.45) is 0. The van der Waals surface area contributed by atoms with Gasteiger partial charge in [-0.15, -0.1) is 0 Å². The Balaban J connectivity index is 1.85. The zero-order valence-electron chi connectivity index (χ0n) is 16.1. The lowest BCUT2D eigenvalue weighted by molar-refractivity contribution is 0.0602. The lowest BCUT2D eigenvalue weighted by Crippen LogP contribution is -2.04. The van der Waals surface area contributed by atoms with Crippen LogP contribution >= 0.6 is 0 Å². The van der Waals surface area contributed by atoms with Crippen molar-refractivity contribution in [3.8, 4) is 11.1 Å². The van der Waals surface area contributed by atoms with E-state index in [-0.39, 0.29) is 5.97 Å². The van der Waals surface area contributed by atoms with Crippen molar-refractivity contribution in [1.29, 1.82) is 0 Å². The Hall–Kier alpha value is -4.05. The summed E-state index contributed by atoms with van der Waals surface area (Å²) >= 11 is 0. The molecule has 0 radical (unpaired) electrons. The summed E-state index contributed by atoms with van der Waals surface area (Å²) in [4.78, 5) is 12.8. The molecule has 0 N–H and O–H groups in total. The van der Waals surface area contributed by atoms with Gasteiger partial charge in [0.15, 0.2) is 0 Å². The molecule has 2 heterocycles. The second kappa shape index (κ2) is 6.22. The van der Waals surface area contributed by atoms with E-state index in [4.69, 9.17) is 13.6 Å². The zero-order chi connectivity index (χ0) is 20.2. The Kier molecular flexibility index (Phi) is 3.50. The normalized spacial score (nSPS) is 11.6. The fourth-order valence-corrected chi connectivity index (χ4v) is 4.36. The molecule has 0 saturated heterocycles. The van der Waals surface area contributed by atoms with Gasteiger partial charge in [0, 0.05) is 27.1 Å². The van der Waals surface area contributed by atoms with Crippen LogP contribution in [0.1, 0.15) is 10.4 Å². The second-order valence-corrected chi connectivity index (χ2v) is 7.23. The van der Waals surface area contributed by atoms with E-state index in [0.29, 0.717) is 5.56 Å². The van der Waals surface area contributed by atoms with E-state index in [1.807, 2.05) is 72.8 Å². The van der Waals surface area contributed by atoms with Crippen LogP contribution in [0.15, 0.2) is 87.7 Å². The number of fused-ring (bicyclic) bond motifs is 6. The average Bonchev–Trinajstić information content (AvgIpc) is 3.36. The van der Waals surface area contributed by atoms with Gasteiger partial charge in [-0.05, 0) is 35.9 Å². The van der Waals surface area contributed by atoms with Crippen LogP contribution in [0.25, 0.3) is 55.0 Å². The molecule has 0 fully saturated rings. The monoisotopic (exact) mass is 392 g/mol. The fraction of sp³-hybridized carbons (Fsp3) is 0.0385. The van der Waals surface area contributed by atoms with Crippen molar-refractivity contribution in [1.82, 2.24) is 0 Å². The smallest absolute Gasteiger partial charge is 0.338 e. The molecule has 4 nitrogen and oxygen atoms in total. The number of furan rings is 2. The van der Waals surface area contributed by atoms with E-state index >= 15 is 0 Å². The lowest BCUT2D eigenvalue weighted by Gasteiger charge is -2.11. The Morgan fingerprint density at radius 2 is 1.27 bits per heavy atom. The van der Waals surface area contributed by atoms with Crippen LogP contribution in [-0.4, -0.2) is 13.1 Å². The van der Waals surface area contributed by atoms with Crippen molar-refractivity contribution in [2.45, 2.75) is 0 Å². The van der Waals surface area contributed by atoms with Gasteiger partial charge in [-0.1, -0.05) is 48.5 Å². The number of methoxy groups -OCH3 is 1. The largest absolute Gasteiger partial charge is 0.465 e. The van der Waals surface area contributed by atoms with Gasteiger partial charge in [-0.3, -0.25) is 0 Å². The summed E-state index contributed by atoms with van der Waals surface area (Å²) in [6.45, 7) is 0. The van der Waals surface area contributed by atoms with Gasteiger partial charge >= 0.3 is 5.97 Å². The third-order valence-electron chi connectivity index (χ3n) is 5.62. The highest BCUT2D eigenvalue weighted by molar-refractivity contribution is 6.22. The number of ether oxygens (including phenoxy) is 1. The number of hydrogen-bond donors (Lipinski definition) is 0. The molecule has 0 saturated carbocycles. The number of benzene rings is 4. The lowest BCUT2D eigenvalue weighted by atomic mass is 9.91. The minimum absolute atomic E-state index is 0.387. The quantitative estimate of drug-likeness (QED) is 0.300. The maximum atomic E-state index is 12.8. The summed E-state index contributed by atoms with van der Waals surface area (Å²) in [6, 6.07) is 25.3. The number of para-hydroxylation sites is 2. The maximum absolute atomic E-state index is 12.8. The molecule has 0 aliphatic rings. The van der Waals surface area contributed by atoms with Crippen LogP contribution in [0, 0.1) is 0 Å². The first-order valence-corrected chi connectivity index (χ1v) is 9.69. The molecule has 0 atom stereocenters. The van der Waals surface area contributed by atoms with E-state index in [0.717, 1.165) is 55.0 Å². The Morgan fingerprint density at radius 1 is 0.667 bits per heavy atom. The maximum Gasteiger partial charge on any atom is 0.338 e. The summed E-state index contributed by atoms with van der Waals surface area (Å²) in [5, 5.41) is 3.82. The third-order valence-corrected chi connectivity index (χ3v) is 5.62. The van der Waals surface area contributed by atoms with E-state index < -0.39 is 0 Å². The SMILES string of the molecule is COC(=O)c1ccc2oc3ccccc3c2c1-c1cccc2oc3ccccc3c12. The second-order valence-electron chi connectivity index (χ2n) is 7.23. The van der Waals surface area contributed by atoms with Gasteiger partial charge in [0.1, 0.15) is 22.3 Å². The number of carbonyl (C=O) groups is 1. The van der Waals surface area contributed by atoms with Crippen LogP contribution in [0.5, 0.6) is 0 Å². The van der Waals surface area contributed by atoms with Crippen LogP contribution in [-0.2, 0) is 4.74 Å². The van der Waals surface area contributed by atoms with E-state index in [1.165, 1.54) is 7.11 Å².